The molecule has 1 fully saturated rings. The van der Waals surface area contributed by atoms with Crippen LogP contribution < -0.4 is 0 Å². The summed E-state index contributed by atoms with van der Waals surface area (Å²) in [4.78, 5) is 19.1. The first-order chi connectivity index (χ1) is 10.2. The van der Waals surface area contributed by atoms with Crippen molar-refractivity contribution in [2.24, 2.45) is 0 Å². The van der Waals surface area contributed by atoms with Crippen molar-refractivity contribution in [2.45, 2.75) is 19.1 Å². The number of aromatic nitrogens is 1. The van der Waals surface area contributed by atoms with Gasteiger partial charge in [0.2, 0.25) is 0 Å². The summed E-state index contributed by atoms with van der Waals surface area (Å²) in [5.74, 6) is -0.0255. The molecule has 0 bridgehead atoms. The number of amides is 1. The van der Waals surface area contributed by atoms with E-state index in [0.717, 1.165) is 16.2 Å². The zero-order chi connectivity index (χ0) is 14.8. The van der Waals surface area contributed by atoms with Crippen LogP contribution in [0.25, 0.3) is 10.9 Å². The molecule has 4 nitrogen and oxygen atoms in total. The number of pyridine rings is 1. The number of morpholine rings is 1. The van der Waals surface area contributed by atoms with Crippen LogP contribution in [0.2, 0.25) is 0 Å². The lowest BCUT2D eigenvalue weighted by atomic mass is 10.1. The second-order valence-electron chi connectivity index (χ2n) is 5.31. The highest BCUT2D eigenvalue weighted by Crippen LogP contribution is 2.18. The Morgan fingerprint density at radius 1 is 1.38 bits per heavy atom. The third-order valence-corrected chi connectivity index (χ3v) is 4.48. The molecule has 2 unspecified atom stereocenters. The number of halogens is 1. The number of carbonyl (C=O) groups excluding carboxylic acids is 1. The maximum atomic E-state index is 12.7. The van der Waals surface area contributed by atoms with Crippen molar-refractivity contribution >= 4 is 32.7 Å². The van der Waals surface area contributed by atoms with Crippen LogP contribution in [0.15, 0.2) is 36.4 Å². The van der Waals surface area contributed by atoms with Crippen LogP contribution in [0.3, 0.4) is 0 Å². The summed E-state index contributed by atoms with van der Waals surface area (Å²) in [6.07, 6.45) is 0.0469. The number of carbonyl (C=O) groups is 1. The van der Waals surface area contributed by atoms with Gasteiger partial charge < -0.3 is 9.64 Å². The lowest BCUT2D eigenvalue weighted by Crippen LogP contribution is -2.51. The minimum Gasteiger partial charge on any atom is -0.373 e. The van der Waals surface area contributed by atoms with Gasteiger partial charge in [-0.2, -0.15) is 0 Å². The van der Waals surface area contributed by atoms with Gasteiger partial charge in [0.1, 0.15) is 5.69 Å². The van der Waals surface area contributed by atoms with Crippen molar-refractivity contribution in [1.29, 1.82) is 0 Å². The van der Waals surface area contributed by atoms with E-state index in [4.69, 9.17) is 4.74 Å². The minimum absolute atomic E-state index is 0.0255. The third kappa shape index (κ3) is 2.94. The fourth-order valence-electron chi connectivity index (χ4n) is 2.53. The Morgan fingerprint density at radius 3 is 3.00 bits per heavy atom. The largest absolute Gasteiger partial charge is 0.373 e. The van der Waals surface area contributed by atoms with E-state index in [1.54, 1.807) is 6.07 Å². The molecule has 1 aliphatic heterocycles. The molecule has 0 N–H and O–H groups in total. The fraction of sp³-hybridized carbons (Fsp3) is 0.375. The van der Waals surface area contributed by atoms with E-state index < -0.39 is 0 Å². The van der Waals surface area contributed by atoms with Gasteiger partial charge in [0.05, 0.1) is 24.3 Å². The van der Waals surface area contributed by atoms with Crippen LogP contribution in [0.1, 0.15) is 17.4 Å². The van der Waals surface area contributed by atoms with E-state index in [0.29, 0.717) is 18.8 Å². The molecule has 2 atom stereocenters. The van der Waals surface area contributed by atoms with Crippen LogP contribution in [-0.4, -0.2) is 46.4 Å². The van der Waals surface area contributed by atoms with Gasteiger partial charge in [-0.25, -0.2) is 4.98 Å². The van der Waals surface area contributed by atoms with Crippen molar-refractivity contribution in [2.75, 3.05) is 18.5 Å². The van der Waals surface area contributed by atoms with Crippen LogP contribution in [-0.2, 0) is 4.74 Å². The van der Waals surface area contributed by atoms with Gasteiger partial charge in [0.25, 0.3) is 5.91 Å². The molecule has 1 aliphatic rings. The fourth-order valence-corrected chi connectivity index (χ4v) is 2.92. The maximum absolute atomic E-state index is 12.7. The summed E-state index contributed by atoms with van der Waals surface area (Å²) < 4.78 is 5.66. The van der Waals surface area contributed by atoms with Crippen molar-refractivity contribution in [3.8, 4) is 0 Å². The monoisotopic (exact) mass is 348 g/mol. The van der Waals surface area contributed by atoms with E-state index in [1.807, 2.05) is 42.2 Å². The Hall–Kier alpha value is -1.46. The van der Waals surface area contributed by atoms with Crippen LogP contribution >= 0.6 is 15.9 Å². The predicted octanol–water partition coefficient (Wildman–Crippen LogP) is 2.86. The number of hydrogen-bond donors (Lipinski definition) is 0. The molecule has 0 radical (unpaired) electrons. The molecule has 2 heterocycles. The molecule has 21 heavy (non-hydrogen) atoms. The number of fused-ring (bicyclic) bond motifs is 1. The Labute approximate surface area is 132 Å². The zero-order valence-electron chi connectivity index (χ0n) is 11.8. The van der Waals surface area contributed by atoms with Crippen molar-refractivity contribution in [1.82, 2.24) is 9.88 Å². The molecule has 0 spiro atoms. The highest BCUT2D eigenvalue weighted by Gasteiger charge is 2.30. The zero-order valence-corrected chi connectivity index (χ0v) is 13.4. The van der Waals surface area contributed by atoms with E-state index >= 15 is 0 Å². The van der Waals surface area contributed by atoms with Crippen molar-refractivity contribution in [3.05, 3.63) is 42.1 Å². The first kappa shape index (κ1) is 14.5. The summed E-state index contributed by atoms with van der Waals surface area (Å²) in [7, 11) is 0. The molecule has 0 saturated carbocycles. The number of rotatable bonds is 2. The second kappa shape index (κ2) is 6.12. The van der Waals surface area contributed by atoms with E-state index in [9.17, 15) is 4.79 Å². The molecular formula is C16H17BrN2O2. The van der Waals surface area contributed by atoms with Gasteiger partial charge in [-0.3, -0.25) is 4.79 Å². The lowest BCUT2D eigenvalue weighted by Gasteiger charge is -2.37. The van der Waals surface area contributed by atoms with E-state index in [-0.39, 0.29) is 18.1 Å². The SMILES string of the molecule is CC1COC(CBr)CN1C(=O)c1ccc2ccccc2n1. The summed E-state index contributed by atoms with van der Waals surface area (Å²) >= 11 is 3.42. The Morgan fingerprint density at radius 2 is 2.19 bits per heavy atom. The van der Waals surface area contributed by atoms with Gasteiger partial charge >= 0.3 is 0 Å². The first-order valence-corrected chi connectivity index (χ1v) is 8.15. The van der Waals surface area contributed by atoms with E-state index in [1.165, 1.54) is 0 Å². The topological polar surface area (TPSA) is 42.4 Å². The van der Waals surface area contributed by atoms with Crippen molar-refractivity contribution in [3.63, 3.8) is 0 Å². The second-order valence-corrected chi connectivity index (χ2v) is 5.95. The number of benzene rings is 1. The molecule has 1 saturated heterocycles. The number of hydrogen-bond acceptors (Lipinski definition) is 3. The van der Waals surface area contributed by atoms with Crippen molar-refractivity contribution < 1.29 is 9.53 Å². The van der Waals surface area contributed by atoms with Crippen LogP contribution in [0, 0.1) is 0 Å². The smallest absolute Gasteiger partial charge is 0.272 e. The predicted molar refractivity (Wildman–Crippen MR) is 85.8 cm³/mol. The molecule has 3 rings (SSSR count). The molecule has 1 aromatic heterocycles. The summed E-state index contributed by atoms with van der Waals surface area (Å²) in [5.41, 5.74) is 1.34. The molecule has 110 valence electrons. The lowest BCUT2D eigenvalue weighted by molar-refractivity contribution is -0.0363. The number of nitrogens with zero attached hydrogens (tertiary/aromatic N) is 2. The summed E-state index contributed by atoms with van der Waals surface area (Å²) in [6, 6.07) is 11.6. The molecule has 0 aliphatic carbocycles. The molecule has 5 heteroatoms. The Bertz CT molecular complexity index is 662. The Balaban J connectivity index is 1.88. The number of ether oxygens (including phenoxy) is 1. The number of para-hydroxylation sites is 1. The summed E-state index contributed by atoms with van der Waals surface area (Å²) in [6.45, 7) is 3.17. The van der Waals surface area contributed by atoms with Gasteiger partial charge in [-0.05, 0) is 19.1 Å². The maximum Gasteiger partial charge on any atom is 0.272 e. The molecule has 1 amide bonds. The van der Waals surface area contributed by atoms with Crippen LogP contribution in [0.5, 0.6) is 0 Å². The average Bonchev–Trinajstić information content (AvgIpc) is 2.54. The standard InChI is InChI=1S/C16H17BrN2O2/c1-11-10-21-13(8-17)9-19(11)16(20)15-7-6-12-4-2-3-5-14(12)18-15/h2-7,11,13H,8-10H2,1H3. The first-order valence-electron chi connectivity index (χ1n) is 7.03. The average molecular weight is 349 g/mol. The molecule has 2 aromatic rings. The quantitative estimate of drug-likeness (QED) is 0.783. The summed E-state index contributed by atoms with van der Waals surface area (Å²) in [5, 5.41) is 1.77. The third-order valence-electron chi connectivity index (χ3n) is 3.76. The Kier molecular flexibility index (Phi) is 4.22. The highest BCUT2D eigenvalue weighted by atomic mass is 79.9. The van der Waals surface area contributed by atoms with E-state index in [2.05, 4.69) is 20.9 Å². The van der Waals surface area contributed by atoms with Gasteiger partial charge in [-0.1, -0.05) is 40.2 Å². The highest BCUT2D eigenvalue weighted by molar-refractivity contribution is 9.09. The van der Waals surface area contributed by atoms with Gasteiger partial charge in [0, 0.05) is 17.3 Å². The number of alkyl halides is 1. The normalized spacial score (nSPS) is 22.5. The van der Waals surface area contributed by atoms with Gasteiger partial charge in [0.15, 0.2) is 0 Å². The van der Waals surface area contributed by atoms with Gasteiger partial charge in [-0.15, -0.1) is 0 Å². The molecule has 1 aromatic carbocycles. The minimum atomic E-state index is -0.0255. The molecular weight excluding hydrogens is 332 g/mol. The van der Waals surface area contributed by atoms with Crippen LogP contribution in [0.4, 0.5) is 0 Å².